The van der Waals surface area contributed by atoms with Gasteiger partial charge in [0.05, 0.1) is 6.54 Å². The van der Waals surface area contributed by atoms with Crippen molar-refractivity contribution < 1.29 is 13.6 Å². The Hall–Kier alpha value is -1.16. The second kappa shape index (κ2) is 5.00. The van der Waals surface area contributed by atoms with E-state index in [-0.39, 0.29) is 23.9 Å². The summed E-state index contributed by atoms with van der Waals surface area (Å²) in [6, 6.07) is 3.69. The van der Waals surface area contributed by atoms with Gasteiger partial charge in [0.2, 0.25) is 5.91 Å². The lowest BCUT2D eigenvalue weighted by atomic mass is 10.1. The van der Waals surface area contributed by atoms with Crippen LogP contribution in [0.2, 0.25) is 0 Å². The molecule has 1 aliphatic rings. The molecule has 1 aliphatic heterocycles. The number of carbonyl (C=O) groups excluding carboxylic acids is 1. The van der Waals surface area contributed by atoms with Gasteiger partial charge in [0, 0.05) is 24.4 Å². The van der Waals surface area contributed by atoms with E-state index in [1.807, 2.05) is 0 Å². The van der Waals surface area contributed by atoms with Crippen molar-refractivity contribution in [3.8, 4) is 0 Å². The summed E-state index contributed by atoms with van der Waals surface area (Å²) in [5, 5.41) is 0. The third-order valence-electron chi connectivity index (χ3n) is 2.92. The van der Waals surface area contributed by atoms with E-state index in [0.29, 0.717) is 18.8 Å². The van der Waals surface area contributed by atoms with Crippen LogP contribution >= 0.6 is 11.6 Å². The first kappa shape index (κ1) is 12.3. The molecule has 0 radical (unpaired) electrons. The smallest absolute Gasteiger partial charge is 0.223 e. The standard InChI is InChI=1S/C12H12ClF2NO/c13-5-8-4-12(17)16(6-8)7-9-10(14)2-1-3-11(9)15/h1-3,8H,4-7H2. The summed E-state index contributed by atoms with van der Waals surface area (Å²) in [6.45, 7) is 0.445. The van der Waals surface area contributed by atoms with Crippen LogP contribution in [0.25, 0.3) is 0 Å². The molecular formula is C12H12ClF2NO. The maximum Gasteiger partial charge on any atom is 0.223 e. The lowest BCUT2D eigenvalue weighted by Crippen LogP contribution is -2.25. The highest BCUT2D eigenvalue weighted by Gasteiger charge is 2.29. The molecule has 1 fully saturated rings. The van der Waals surface area contributed by atoms with Crippen LogP contribution in [0.3, 0.4) is 0 Å². The lowest BCUT2D eigenvalue weighted by molar-refractivity contribution is -0.128. The molecule has 5 heteroatoms. The Kier molecular flexibility index (Phi) is 3.62. The van der Waals surface area contributed by atoms with Crippen molar-refractivity contribution in [2.75, 3.05) is 12.4 Å². The normalized spacial score (nSPS) is 20.1. The number of rotatable bonds is 3. The maximum absolute atomic E-state index is 13.4. The van der Waals surface area contributed by atoms with E-state index < -0.39 is 11.6 Å². The van der Waals surface area contributed by atoms with E-state index >= 15 is 0 Å². The van der Waals surface area contributed by atoms with Gasteiger partial charge in [-0.25, -0.2) is 8.78 Å². The molecule has 0 aliphatic carbocycles. The van der Waals surface area contributed by atoms with E-state index in [1.54, 1.807) is 0 Å². The Morgan fingerprint density at radius 2 is 2.00 bits per heavy atom. The Bertz CT molecular complexity index is 418. The predicted molar refractivity (Wildman–Crippen MR) is 60.6 cm³/mol. The molecule has 0 bridgehead atoms. The number of amides is 1. The minimum Gasteiger partial charge on any atom is -0.338 e. The highest BCUT2D eigenvalue weighted by Crippen LogP contribution is 2.23. The molecule has 0 aromatic heterocycles. The van der Waals surface area contributed by atoms with Crippen molar-refractivity contribution in [1.82, 2.24) is 4.90 Å². The SMILES string of the molecule is O=C1CC(CCl)CN1Cc1c(F)cccc1F. The van der Waals surface area contributed by atoms with E-state index in [2.05, 4.69) is 0 Å². The van der Waals surface area contributed by atoms with Crippen LogP contribution in [-0.2, 0) is 11.3 Å². The van der Waals surface area contributed by atoms with Gasteiger partial charge in [0.1, 0.15) is 11.6 Å². The van der Waals surface area contributed by atoms with Crippen LogP contribution in [0.1, 0.15) is 12.0 Å². The highest BCUT2D eigenvalue weighted by molar-refractivity contribution is 6.18. The van der Waals surface area contributed by atoms with Gasteiger partial charge in [0.15, 0.2) is 0 Å². The molecule has 17 heavy (non-hydrogen) atoms. The molecule has 0 N–H and O–H groups in total. The molecule has 1 amide bonds. The first-order chi connectivity index (χ1) is 8.11. The summed E-state index contributed by atoms with van der Waals surface area (Å²) in [6.07, 6.45) is 0.361. The average molecular weight is 260 g/mol. The summed E-state index contributed by atoms with van der Waals surface area (Å²) in [5.41, 5.74) is -0.0592. The monoisotopic (exact) mass is 259 g/mol. The minimum atomic E-state index is -0.618. The number of benzene rings is 1. The third-order valence-corrected chi connectivity index (χ3v) is 3.36. The molecule has 1 aromatic rings. The summed E-state index contributed by atoms with van der Waals surface area (Å²) in [4.78, 5) is 13.0. The second-order valence-corrected chi connectivity index (χ2v) is 4.51. The van der Waals surface area contributed by atoms with Crippen molar-refractivity contribution in [2.45, 2.75) is 13.0 Å². The maximum atomic E-state index is 13.4. The Balaban J connectivity index is 2.14. The topological polar surface area (TPSA) is 20.3 Å². The quantitative estimate of drug-likeness (QED) is 0.764. The van der Waals surface area contributed by atoms with Crippen molar-refractivity contribution in [3.05, 3.63) is 35.4 Å². The zero-order valence-electron chi connectivity index (χ0n) is 9.13. The van der Waals surface area contributed by atoms with Gasteiger partial charge in [-0.2, -0.15) is 0 Å². The molecule has 1 heterocycles. The van der Waals surface area contributed by atoms with E-state index in [1.165, 1.54) is 23.1 Å². The van der Waals surface area contributed by atoms with Gasteiger partial charge in [0.25, 0.3) is 0 Å². The van der Waals surface area contributed by atoms with Gasteiger partial charge in [-0.05, 0) is 18.1 Å². The third kappa shape index (κ3) is 2.57. The van der Waals surface area contributed by atoms with E-state index in [0.717, 1.165) is 0 Å². The van der Waals surface area contributed by atoms with Gasteiger partial charge >= 0.3 is 0 Å². The second-order valence-electron chi connectivity index (χ2n) is 4.20. The van der Waals surface area contributed by atoms with Gasteiger partial charge < -0.3 is 4.90 Å². The van der Waals surface area contributed by atoms with Crippen LogP contribution in [0.4, 0.5) is 8.78 Å². The van der Waals surface area contributed by atoms with Crippen molar-refractivity contribution in [1.29, 1.82) is 0 Å². The summed E-state index contributed by atoms with van der Waals surface area (Å²) in [5.74, 6) is -0.862. The summed E-state index contributed by atoms with van der Waals surface area (Å²) < 4.78 is 26.8. The Morgan fingerprint density at radius 3 is 2.53 bits per heavy atom. The van der Waals surface area contributed by atoms with Crippen LogP contribution in [0.5, 0.6) is 0 Å². The molecule has 1 saturated heterocycles. The fraction of sp³-hybridized carbons (Fsp3) is 0.417. The molecule has 1 aromatic carbocycles. The molecule has 2 rings (SSSR count). The lowest BCUT2D eigenvalue weighted by Gasteiger charge is -2.17. The zero-order chi connectivity index (χ0) is 12.4. The zero-order valence-corrected chi connectivity index (χ0v) is 9.88. The fourth-order valence-electron chi connectivity index (χ4n) is 1.98. The molecule has 0 saturated carbocycles. The van der Waals surface area contributed by atoms with Gasteiger partial charge in [-0.3, -0.25) is 4.79 Å². The molecule has 1 unspecified atom stereocenters. The molecular weight excluding hydrogens is 248 g/mol. The van der Waals surface area contributed by atoms with Crippen molar-refractivity contribution >= 4 is 17.5 Å². The Morgan fingerprint density at radius 1 is 1.35 bits per heavy atom. The van der Waals surface area contributed by atoms with Crippen LogP contribution in [0.15, 0.2) is 18.2 Å². The predicted octanol–water partition coefficient (Wildman–Crippen LogP) is 2.55. The number of nitrogens with zero attached hydrogens (tertiary/aromatic N) is 1. The molecule has 92 valence electrons. The summed E-state index contributed by atoms with van der Waals surface area (Å²) in [7, 11) is 0. The number of hydrogen-bond donors (Lipinski definition) is 0. The van der Waals surface area contributed by atoms with Crippen molar-refractivity contribution in [2.24, 2.45) is 5.92 Å². The van der Waals surface area contributed by atoms with E-state index in [4.69, 9.17) is 11.6 Å². The van der Waals surface area contributed by atoms with Crippen LogP contribution < -0.4 is 0 Å². The first-order valence-electron chi connectivity index (χ1n) is 5.38. The highest BCUT2D eigenvalue weighted by atomic mass is 35.5. The largest absolute Gasteiger partial charge is 0.338 e. The number of likely N-dealkylation sites (tertiary alicyclic amines) is 1. The van der Waals surface area contributed by atoms with Gasteiger partial charge in [-0.1, -0.05) is 6.07 Å². The minimum absolute atomic E-state index is 0.0231. The number of alkyl halides is 1. The van der Waals surface area contributed by atoms with Crippen molar-refractivity contribution in [3.63, 3.8) is 0 Å². The summed E-state index contributed by atoms with van der Waals surface area (Å²) >= 11 is 5.68. The van der Waals surface area contributed by atoms with Crippen LogP contribution in [-0.4, -0.2) is 23.2 Å². The number of hydrogen-bond acceptors (Lipinski definition) is 1. The molecule has 0 spiro atoms. The first-order valence-corrected chi connectivity index (χ1v) is 5.92. The molecule has 1 atom stereocenters. The van der Waals surface area contributed by atoms with Crippen LogP contribution in [0, 0.1) is 17.6 Å². The van der Waals surface area contributed by atoms with Gasteiger partial charge in [-0.15, -0.1) is 11.6 Å². The fourth-order valence-corrected chi connectivity index (χ4v) is 2.19. The average Bonchev–Trinajstić information content (AvgIpc) is 2.65. The molecule has 2 nitrogen and oxygen atoms in total. The van der Waals surface area contributed by atoms with E-state index in [9.17, 15) is 13.6 Å². The number of halogens is 3. The Labute approximate surface area is 103 Å². The number of carbonyl (C=O) groups is 1.